The summed E-state index contributed by atoms with van der Waals surface area (Å²) in [6, 6.07) is 8.35. The SMILES string of the molecule is O=C(COc1ccc(Cl)cc1)N1CCN(c2cc(=O)[nH]cn2)CC1. The zero-order chi connectivity index (χ0) is 16.9. The Morgan fingerprint density at radius 2 is 1.92 bits per heavy atom. The van der Waals surface area contributed by atoms with E-state index < -0.39 is 0 Å². The molecule has 1 aromatic heterocycles. The van der Waals surface area contributed by atoms with E-state index in [-0.39, 0.29) is 18.1 Å². The zero-order valence-electron chi connectivity index (χ0n) is 12.9. The van der Waals surface area contributed by atoms with Gasteiger partial charge in [0, 0.05) is 37.3 Å². The van der Waals surface area contributed by atoms with Gasteiger partial charge in [0.1, 0.15) is 11.6 Å². The van der Waals surface area contributed by atoms with Gasteiger partial charge in [-0.05, 0) is 24.3 Å². The van der Waals surface area contributed by atoms with Crippen molar-refractivity contribution in [2.24, 2.45) is 0 Å². The van der Waals surface area contributed by atoms with Crippen LogP contribution in [0.15, 0.2) is 41.5 Å². The number of aromatic nitrogens is 2. The third-order valence-electron chi connectivity index (χ3n) is 3.80. The van der Waals surface area contributed by atoms with Crippen molar-refractivity contribution in [3.05, 3.63) is 52.0 Å². The molecule has 0 radical (unpaired) electrons. The Hall–Kier alpha value is -2.54. The van der Waals surface area contributed by atoms with Crippen LogP contribution in [0.4, 0.5) is 5.82 Å². The second kappa shape index (κ2) is 7.35. The van der Waals surface area contributed by atoms with Gasteiger partial charge in [0.25, 0.3) is 11.5 Å². The second-order valence-corrected chi connectivity index (χ2v) is 5.82. The van der Waals surface area contributed by atoms with E-state index in [0.717, 1.165) is 0 Å². The Balaban J connectivity index is 1.50. The van der Waals surface area contributed by atoms with Gasteiger partial charge in [0.05, 0.1) is 6.33 Å². The Bertz CT molecular complexity index is 754. The van der Waals surface area contributed by atoms with Crippen LogP contribution in [-0.4, -0.2) is 53.6 Å². The highest BCUT2D eigenvalue weighted by Crippen LogP contribution is 2.16. The number of ether oxygens (including phenoxy) is 1. The van der Waals surface area contributed by atoms with Gasteiger partial charge >= 0.3 is 0 Å². The summed E-state index contributed by atoms with van der Waals surface area (Å²) in [6.07, 6.45) is 1.38. The molecule has 2 heterocycles. The predicted octanol–water partition coefficient (Wildman–Crippen LogP) is 1.15. The van der Waals surface area contributed by atoms with Crippen LogP contribution in [0.2, 0.25) is 5.02 Å². The van der Waals surface area contributed by atoms with Crippen LogP contribution in [0.25, 0.3) is 0 Å². The topological polar surface area (TPSA) is 78.5 Å². The van der Waals surface area contributed by atoms with E-state index in [9.17, 15) is 9.59 Å². The summed E-state index contributed by atoms with van der Waals surface area (Å²) in [6.45, 7) is 2.38. The van der Waals surface area contributed by atoms with Gasteiger partial charge in [0.2, 0.25) is 0 Å². The standard InChI is InChI=1S/C16H17ClN4O3/c17-12-1-3-13(4-2-12)24-10-16(23)21-7-5-20(6-8-21)14-9-15(22)19-11-18-14/h1-4,9,11H,5-8,10H2,(H,18,19,22). The maximum atomic E-state index is 12.2. The van der Waals surface area contributed by atoms with Crippen molar-refractivity contribution in [3.8, 4) is 5.75 Å². The van der Waals surface area contributed by atoms with Crippen LogP contribution in [0.1, 0.15) is 0 Å². The molecule has 1 fully saturated rings. The smallest absolute Gasteiger partial charge is 0.260 e. The third kappa shape index (κ3) is 4.05. The average molecular weight is 349 g/mol. The Morgan fingerprint density at radius 1 is 1.21 bits per heavy atom. The number of hydrogen-bond donors (Lipinski definition) is 1. The summed E-state index contributed by atoms with van der Waals surface area (Å²) >= 11 is 5.81. The van der Waals surface area contributed by atoms with Crippen molar-refractivity contribution < 1.29 is 9.53 Å². The lowest BCUT2D eigenvalue weighted by Crippen LogP contribution is -2.50. The molecule has 1 amide bonds. The lowest BCUT2D eigenvalue weighted by molar-refractivity contribution is -0.133. The summed E-state index contributed by atoms with van der Waals surface area (Å²) in [5.41, 5.74) is -0.185. The minimum atomic E-state index is -0.185. The number of hydrogen-bond acceptors (Lipinski definition) is 5. The number of nitrogens with zero attached hydrogens (tertiary/aromatic N) is 3. The van der Waals surface area contributed by atoms with E-state index in [0.29, 0.717) is 42.8 Å². The number of anilines is 1. The first-order valence-corrected chi connectivity index (χ1v) is 7.95. The number of rotatable bonds is 4. The van der Waals surface area contributed by atoms with Crippen molar-refractivity contribution in [1.29, 1.82) is 0 Å². The number of amides is 1. The number of aromatic amines is 1. The first kappa shape index (κ1) is 16.3. The van der Waals surface area contributed by atoms with Crippen LogP contribution in [0.5, 0.6) is 5.75 Å². The van der Waals surface area contributed by atoms with Gasteiger partial charge in [-0.25, -0.2) is 4.98 Å². The number of H-pyrrole nitrogens is 1. The number of benzene rings is 1. The molecule has 0 spiro atoms. The van der Waals surface area contributed by atoms with Gasteiger partial charge in [-0.15, -0.1) is 0 Å². The van der Waals surface area contributed by atoms with Crippen LogP contribution in [-0.2, 0) is 4.79 Å². The van der Waals surface area contributed by atoms with Gasteiger partial charge in [-0.3, -0.25) is 9.59 Å². The van der Waals surface area contributed by atoms with Crippen molar-refractivity contribution in [3.63, 3.8) is 0 Å². The maximum Gasteiger partial charge on any atom is 0.260 e. The third-order valence-corrected chi connectivity index (χ3v) is 4.05. The number of carbonyl (C=O) groups excluding carboxylic acids is 1. The molecule has 0 aliphatic carbocycles. The van der Waals surface area contributed by atoms with E-state index in [4.69, 9.17) is 16.3 Å². The van der Waals surface area contributed by atoms with E-state index in [1.165, 1.54) is 12.4 Å². The van der Waals surface area contributed by atoms with Crippen LogP contribution >= 0.6 is 11.6 Å². The van der Waals surface area contributed by atoms with Crippen LogP contribution in [0.3, 0.4) is 0 Å². The van der Waals surface area contributed by atoms with Gasteiger partial charge in [-0.1, -0.05) is 11.6 Å². The van der Waals surface area contributed by atoms with Gasteiger partial charge < -0.3 is 19.5 Å². The lowest BCUT2D eigenvalue weighted by Gasteiger charge is -2.35. The van der Waals surface area contributed by atoms with Crippen molar-refractivity contribution in [2.45, 2.75) is 0 Å². The fourth-order valence-electron chi connectivity index (χ4n) is 2.48. The molecule has 3 rings (SSSR count). The minimum absolute atomic E-state index is 0.00904. The molecule has 0 saturated carbocycles. The predicted molar refractivity (Wildman–Crippen MR) is 90.6 cm³/mol. The lowest BCUT2D eigenvalue weighted by atomic mass is 10.3. The van der Waals surface area contributed by atoms with E-state index in [1.54, 1.807) is 29.2 Å². The Kier molecular flexibility index (Phi) is 5.00. The fraction of sp³-hybridized carbons (Fsp3) is 0.312. The minimum Gasteiger partial charge on any atom is -0.484 e. The van der Waals surface area contributed by atoms with Crippen LogP contribution in [0, 0.1) is 0 Å². The maximum absolute atomic E-state index is 12.2. The first-order chi connectivity index (χ1) is 11.6. The van der Waals surface area contributed by atoms with Crippen molar-refractivity contribution >= 4 is 23.3 Å². The number of halogens is 1. The highest BCUT2D eigenvalue weighted by Gasteiger charge is 2.22. The monoisotopic (exact) mass is 348 g/mol. The van der Waals surface area contributed by atoms with Gasteiger partial charge in [-0.2, -0.15) is 0 Å². The summed E-state index contributed by atoms with van der Waals surface area (Å²) < 4.78 is 5.48. The summed E-state index contributed by atoms with van der Waals surface area (Å²) in [5.74, 6) is 1.17. The quantitative estimate of drug-likeness (QED) is 0.896. The molecular weight excluding hydrogens is 332 g/mol. The van der Waals surface area contributed by atoms with Crippen molar-refractivity contribution in [1.82, 2.24) is 14.9 Å². The molecule has 126 valence electrons. The molecule has 24 heavy (non-hydrogen) atoms. The molecule has 0 atom stereocenters. The molecule has 1 saturated heterocycles. The molecule has 7 nitrogen and oxygen atoms in total. The molecule has 1 aliphatic heterocycles. The molecule has 1 aliphatic rings. The largest absolute Gasteiger partial charge is 0.484 e. The molecule has 2 aromatic rings. The summed E-state index contributed by atoms with van der Waals surface area (Å²) in [7, 11) is 0. The Labute approximate surface area is 143 Å². The number of piperazine rings is 1. The van der Waals surface area contributed by atoms with Gasteiger partial charge in [0.15, 0.2) is 6.61 Å². The first-order valence-electron chi connectivity index (χ1n) is 7.57. The molecule has 0 bridgehead atoms. The second-order valence-electron chi connectivity index (χ2n) is 5.38. The molecular formula is C16H17ClN4O3. The summed E-state index contributed by atoms with van der Waals surface area (Å²) in [4.78, 5) is 33.9. The average Bonchev–Trinajstić information content (AvgIpc) is 2.61. The molecule has 8 heteroatoms. The normalized spacial score (nSPS) is 14.5. The molecule has 0 unspecified atom stereocenters. The van der Waals surface area contributed by atoms with E-state index >= 15 is 0 Å². The zero-order valence-corrected chi connectivity index (χ0v) is 13.7. The van der Waals surface area contributed by atoms with E-state index in [1.807, 2.05) is 4.90 Å². The highest BCUT2D eigenvalue weighted by molar-refractivity contribution is 6.30. The summed E-state index contributed by atoms with van der Waals surface area (Å²) in [5, 5.41) is 0.623. The Morgan fingerprint density at radius 3 is 2.58 bits per heavy atom. The highest BCUT2D eigenvalue weighted by atomic mass is 35.5. The van der Waals surface area contributed by atoms with Crippen LogP contribution < -0.4 is 15.2 Å². The number of nitrogens with one attached hydrogen (secondary N) is 1. The molecule has 1 aromatic carbocycles. The number of carbonyl (C=O) groups is 1. The van der Waals surface area contributed by atoms with Crippen molar-refractivity contribution in [2.75, 3.05) is 37.7 Å². The fourth-order valence-corrected chi connectivity index (χ4v) is 2.61. The van der Waals surface area contributed by atoms with E-state index in [2.05, 4.69) is 9.97 Å². The molecule has 1 N–H and O–H groups in total.